The van der Waals surface area contributed by atoms with Gasteiger partial charge in [0.25, 0.3) is 0 Å². The van der Waals surface area contributed by atoms with Crippen molar-refractivity contribution < 1.29 is 14.3 Å². The number of fused-ring (bicyclic) bond motifs is 1. The largest absolute Gasteiger partial charge is 0.481 e. The number of allylic oxidation sites excluding steroid dienone is 3. The van der Waals surface area contributed by atoms with Crippen LogP contribution in [-0.4, -0.2) is 17.7 Å². The minimum Gasteiger partial charge on any atom is -0.481 e. The minimum atomic E-state index is -0.185. The van der Waals surface area contributed by atoms with Gasteiger partial charge < -0.3 is 4.74 Å². The number of ether oxygens (including phenoxy) is 1. The fraction of sp³-hybridized carbons (Fsp3) is 0.250. The molecule has 1 atom stereocenters. The minimum absolute atomic E-state index is 0.106. The molecule has 0 saturated heterocycles. The van der Waals surface area contributed by atoms with Crippen LogP contribution in [0.2, 0.25) is 0 Å². The summed E-state index contributed by atoms with van der Waals surface area (Å²) in [5, 5.41) is 0. The first-order valence-corrected chi connectivity index (χ1v) is 6.50. The summed E-state index contributed by atoms with van der Waals surface area (Å²) in [7, 11) is 0. The van der Waals surface area contributed by atoms with Gasteiger partial charge in [0.15, 0.2) is 11.5 Å². The lowest BCUT2D eigenvalue weighted by Crippen LogP contribution is -2.28. The normalized spacial score (nSPS) is 21.0. The molecule has 96 valence electrons. The molecule has 1 aromatic rings. The first kappa shape index (κ1) is 11.9. The van der Waals surface area contributed by atoms with Crippen molar-refractivity contribution in [3.05, 3.63) is 58.9 Å². The van der Waals surface area contributed by atoms with Crippen molar-refractivity contribution in [2.75, 3.05) is 0 Å². The molecule has 0 saturated carbocycles. The molecule has 3 rings (SSSR count). The molecule has 3 heteroatoms. The first-order valence-electron chi connectivity index (χ1n) is 6.50. The lowest BCUT2D eigenvalue weighted by atomic mass is 9.86. The molecular weight excluding hydrogens is 240 g/mol. The fourth-order valence-electron chi connectivity index (χ4n) is 2.47. The van der Waals surface area contributed by atoms with Crippen LogP contribution in [0.1, 0.15) is 40.5 Å². The third-order valence-electron chi connectivity index (χ3n) is 3.43. The number of carbonyl (C=O) groups excluding carboxylic acids is 2. The number of ketones is 2. The Balaban J connectivity index is 2.04. The number of hydrogen-bond donors (Lipinski definition) is 0. The zero-order valence-corrected chi connectivity index (χ0v) is 10.7. The summed E-state index contributed by atoms with van der Waals surface area (Å²) in [6.45, 7) is 2.06. The van der Waals surface area contributed by atoms with Gasteiger partial charge in [-0.1, -0.05) is 37.6 Å². The molecule has 2 aliphatic rings. The molecule has 0 N–H and O–H groups in total. The fourth-order valence-corrected chi connectivity index (χ4v) is 2.47. The average Bonchev–Trinajstić information content (AvgIpc) is 2.45. The maximum absolute atomic E-state index is 12.4. The highest BCUT2D eigenvalue weighted by Gasteiger charge is 2.34. The zero-order valence-electron chi connectivity index (χ0n) is 10.7. The summed E-state index contributed by atoms with van der Waals surface area (Å²) in [6, 6.07) is 6.89. The van der Waals surface area contributed by atoms with Gasteiger partial charge in [0.2, 0.25) is 5.78 Å². The highest BCUT2D eigenvalue weighted by molar-refractivity contribution is 6.27. The van der Waals surface area contributed by atoms with Gasteiger partial charge in [-0.15, -0.1) is 0 Å². The predicted octanol–water partition coefficient (Wildman–Crippen LogP) is 3.07. The van der Waals surface area contributed by atoms with Crippen molar-refractivity contribution in [1.82, 2.24) is 0 Å². The monoisotopic (exact) mass is 254 g/mol. The SMILES string of the molecule is CCCC1C=CC2=C(O1)C(=O)c1ccccc1C2=O. The van der Waals surface area contributed by atoms with E-state index in [0.717, 1.165) is 12.8 Å². The summed E-state index contributed by atoms with van der Waals surface area (Å²) >= 11 is 0. The van der Waals surface area contributed by atoms with Gasteiger partial charge in [-0.3, -0.25) is 9.59 Å². The van der Waals surface area contributed by atoms with Crippen molar-refractivity contribution in [3.63, 3.8) is 0 Å². The molecule has 0 spiro atoms. The highest BCUT2D eigenvalue weighted by Crippen LogP contribution is 2.31. The van der Waals surface area contributed by atoms with Crippen LogP contribution in [0.15, 0.2) is 47.7 Å². The van der Waals surface area contributed by atoms with E-state index in [-0.39, 0.29) is 23.4 Å². The lowest BCUT2D eigenvalue weighted by Gasteiger charge is -2.26. The molecule has 1 aliphatic heterocycles. The van der Waals surface area contributed by atoms with E-state index in [1.165, 1.54) is 0 Å². The molecule has 0 amide bonds. The maximum atomic E-state index is 12.4. The molecule has 0 aromatic heterocycles. The second-order valence-electron chi connectivity index (χ2n) is 4.75. The molecule has 3 nitrogen and oxygen atoms in total. The number of hydrogen-bond acceptors (Lipinski definition) is 3. The van der Waals surface area contributed by atoms with Crippen LogP contribution in [0, 0.1) is 0 Å². The van der Waals surface area contributed by atoms with Crippen LogP contribution in [0.25, 0.3) is 0 Å². The number of carbonyl (C=O) groups is 2. The van der Waals surface area contributed by atoms with Crippen LogP contribution >= 0.6 is 0 Å². The van der Waals surface area contributed by atoms with Crippen molar-refractivity contribution in [2.45, 2.75) is 25.9 Å². The predicted molar refractivity (Wildman–Crippen MR) is 71.1 cm³/mol. The quantitative estimate of drug-likeness (QED) is 0.814. The van der Waals surface area contributed by atoms with Gasteiger partial charge in [-0.2, -0.15) is 0 Å². The van der Waals surface area contributed by atoms with Crippen LogP contribution in [0.3, 0.4) is 0 Å². The summed E-state index contributed by atoms with van der Waals surface area (Å²) in [5.74, 6) is -0.100. The average molecular weight is 254 g/mol. The molecule has 1 heterocycles. The van der Waals surface area contributed by atoms with Crippen molar-refractivity contribution in [2.24, 2.45) is 0 Å². The van der Waals surface area contributed by atoms with E-state index in [1.54, 1.807) is 30.3 Å². The molecule has 1 unspecified atom stereocenters. The van der Waals surface area contributed by atoms with Gasteiger partial charge in [-0.25, -0.2) is 0 Å². The Morgan fingerprint density at radius 3 is 2.47 bits per heavy atom. The standard InChI is InChI=1S/C16H14O3/c1-2-5-10-8-9-13-14(17)11-6-3-4-7-12(11)15(18)16(13)19-10/h3-4,6-10H,2,5H2,1H3. The van der Waals surface area contributed by atoms with Crippen LogP contribution < -0.4 is 0 Å². The molecule has 0 radical (unpaired) electrons. The maximum Gasteiger partial charge on any atom is 0.229 e. The smallest absolute Gasteiger partial charge is 0.229 e. The Kier molecular flexibility index (Phi) is 2.82. The van der Waals surface area contributed by atoms with E-state index in [4.69, 9.17) is 4.74 Å². The third kappa shape index (κ3) is 1.82. The molecular formula is C16H14O3. The Morgan fingerprint density at radius 2 is 1.79 bits per heavy atom. The van der Waals surface area contributed by atoms with Gasteiger partial charge in [0.1, 0.15) is 6.10 Å². The van der Waals surface area contributed by atoms with Crippen molar-refractivity contribution >= 4 is 11.6 Å². The lowest BCUT2D eigenvalue weighted by molar-refractivity contribution is 0.0788. The number of Topliss-reactive ketones (excluding diaryl/α,β-unsaturated/α-hetero) is 2. The molecule has 19 heavy (non-hydrogen) atoms. The second-order valence-corrected chi connectivity index (χ2v) is 4.75. The molecule has 1 aromatic carbocycles. The Hall–Kier alpha value is -2.16. The van der Waals surface area contributed by atoms with Crippen molar-refractivity contribution in [1.29, 1.82) is 0 Å². The number of benzene rings is 1. The van der Waals surface area contributed by atoms with Crippen LogP contribution in [0.4, 0.5) is 0 Å². The van der Waals surface area contributed by atoms with E-state index >= 15 is 0 Å². The molecule has 1 aliphatic carbocycles. The van der Waals surface area contributed by atoms with E-state index in [2.05, 4.69) is 6.92 Å². The first-order chi connectivity index (χ1) is 9.22. The van der Waals surface area contributed by atoms with Gasteiger partial charge >= 0.3 is 0 Å². The Bertz CT molecular complexity index is 623. The van der Waals surface area contributed by atoms with Gasteiger partial charge in [0.05, 0.1) is 5.57 Å². The second kappa shape index (κ2) is 4.50. The third-order valence-corrected chi connectivity index (χ3v) is 3.43. The topological polar surface area (TPSA) is 43.4 Å². The summed E-state index contributed by atoms with van der Waals surface area (Å²) < 4.78 is 5.69. The summed E-state index contributed by atoms with van der Waals surface area (Å²) in [6.07, 6.45) is 5.30. The van der Waals surface area contributed by atoms with Crippen LogP contribution in [0.5, 0.6) is 0 Å². The van der Waals surface area contributed by atoms with E-state index in [1.807, 2.05) is 6.08 Å². The van der Waals surface area contributed by atoms with E-state index < -0.39 is 0 Å². The van der Waals surface area contributed by atoms with E-state index in [0.29, 0.717) is 16.7 Å². The Labute approximate surface area is 111 Å². The van der Waals surface area contributed by atoms with Crippen molar-refractivity contribution in [3.8, 4) is 0 Å². The van der Waals surface area contributed by atoms with Gasteiger partial charge in [0, 0.05) is 11.1 Å². The zero-order chi connectivity index (χ0) is 13.4. The van der Waals surface area contributed by atoms with Gasteiger partial charge in [-0.05, 0) is 18.6 Å². The summed E-state index contributed by atoms with van der Waals surface area (Å²) in [4.78, 5) is 24.7. The summed E-state index contributed by atoms with van der Waals surface area (Å²) in [5.41, 5.74) is 1.29. The molecule has 0 fully saturated rings. The number of rotatable bonds is 2. The van der Waals surface area contributed by atoms with E-state index in [9.17, 15) is 9.59 Å². The molecule has 0 bridgehead atoms. The Morgan fingerprint density at radius 1 is 1.11 bits per heavy atom. The highest BCUT2D eigenvalue weighted by atomic mass is 16.5. The van der Waals surface area contributed by atoms with Crippen LogP contribution in [-0.2, 0) is 4.74 Å².